The van der Waals surface area contributed by atoms with E-state index in [1.54, 1.807) is 20.8 Å². The Labute approximate surface area is 89.2 Å². The van der Waals surface area contributed by atoms with Gasteiger partial charge in [-0.15, -0.1) is 0 Å². The molecule has 0 radical (unpaired) electrons. The van der Waals surface area contributed by atoms with Crippen molar-refractivity contribution in [3.05, 3.63) is 0 Å². The van der Waals surface area contributed by atoms with Crippen LogP contribution in [0.3, 0.4) is 0 Å². The van der Waals surface area contributed by atoms with Crippen LogP contribution in [0.1, 0.15) is 20.8 Å². The molecule has 6 nitrogen and oxygen atoms in total. The van der Waals surface area contributed by atoms with Crippen molar-refractivity contribution < 1.29 is 23.6 Å². The summed E-state index contributed by atoms with van der Waals surface area (Å²) in [6, 6.07) is 0. The zero-order valence-corrected chi connectivity index (χ0v) is 10.2. The minimum absolute atomic E-state index is 0.319. The summed E-state index contributed by atoms with van der Waals surface area (Å²) in [6.07, 6.45) is -1.12. The van der Waals surface area contributed by atoms with E-state index < -0.39 is 25.6 Å². The Morgan fingerprint density at radius 1 is 1.33 bits per heavy atom. The van der Waals surface area contributed by atoms with Crippen LogP contribution in [0.25, 0.3) is 0 Å². The molecule has 0 aliphatic carbocycles. The molecular weight excluding hydrogens is 221 g/mol. The Hall–Kier alpha value is -1.03. The average molecular weight is 237 g/mol. The molecule has 0 aliphatic rings. The predicted molar refractivity (Wildman–Crippen MR) is 55.3 cm³/mol. The topological polar surface area (TPSA) is 81.7 Å². The maximum absolute atomic E-state index is 11.2. The third kappa shape index (κ3) is 8.00. The van der Waals surface area contributed by atoms with Crippen molar-refractivity contribution in [2.75, 3.05) is 13.3 Å². The van der Waals surface area contributed by atoms with E-state index >= 15 is 0 Å². The van der Waals surface area contributed by atoms with Gasteiger partial charge in [-0.1, -0.05) is 0 Å². The molecule has 0 aromatic rings. The van der Waals surface area contributed by atoms with Gasteiger partial charge in [0.2, 0.25) is 0 Å². The molecule has 0 aromatic carbocycles. The number of hydrogen-bond acceptors (Lipinski definition) is 5. The van der Waals surface area contributed by atoms with Crippen molar-refractivity contribution in [2.24, 2.45) is 0 Å². The second kappa shape index (κ2) is 5.75. The first-order valence-corrected chi connectivity index (χ1v) is 5.96. The van der Waals surface area contributed by atoms with Gasteiger partial charge < -0.3 is 14.0 Å². The molecule has 0 bridgehead atoms. The molecule has 0 heterocycles. The molecule has 0 saturated heterocycles. The van der Waals surface area contributed by atoms with Gasteiger partial charge in [0.25, 0.3) is 0 Å². The van der Waals surface area contributed by atoms with Crippen LogP contribution in [0.2, 0.25) is 0 Å². The van der Waals surface area contributed by atoms with E-state index in [4.69, 9.17) is 4.74 Å². The zero-order chi connectivity index (χ0) is 12.1. The molecule has 1 amide bonds. The zero-order valence-electron chi connectivity index (χ0n) is 9.25. The Morgan fingerprint density at radius 2 is 1.87 bits per heavy atom. The maximum Gasteiger partial charge on any atom is 0.412 e. The van der Waals surface area contributed by atoms with Gasteiger partial charge in [0.1, 0.15) is 11.8 Å². The fourth-order valence-electron chi connectivity index (χ4n) is 0.665. The van der Waals surface area contributed by atoms with Gasteiger partial charge in [0.15, 0.2) is 7.95 Å². The van der Waals surface area contributed by atoms with Gasteiger partial charge in [-0.2, -0.15) is 0 Å². The molecule has 1 atom stereocenters. The van der Waals surface area contributed by atoms with E-state index in [-0.39, 0.29) is 6.16 Å². The molecule has 0 spiro atoms. The van der Waals surface area contributed by atoms with Crippen molar-refractivity contribution in [3.63, 3.8) is 0 Å². The molecule has 1 unspecified atom stereocenters. The van der Waals surface area contributed by atoms with E-state index in [1.165, 1.54) is 7.11 Å². The molecule has 15 heavy (non-hydrogen) atoms. The predicted octanol–water partition coefficient (Wildman–Crippen LogP) is 1.16. The number of rotatable bonds is 3. The van der Waals surface area contributed by atoms with Crippen LogP contribution in [-0.2, 0) is 18.8 Å². The van der Waals surface area contributed by atoms with Gasteiger partial charge in [-0.3, -0.25) is 9.88 Å². The van der Waals surface area contributed by atoms with Gasteiger partial charge in [0, 0.05) is 0 Å². The molecule has 0 rings (SSSR count). The van der Waals surface area contributed by atoms with Crippen LogP contribution in [0.5, 0.6) is 0 Å². The lowest BCUT2D eigenvalue weighted by Crippen LogP contribution is -2.29. The molecule has 0 fully saturated rings. The van der Waals surface area contributed by atoms with Crippen molar-refractivity contribution in [3.8, 4) is 0 Å². The monoisotopic (exact) mass is 237 g/mol. The van der Waals surface area contributed by atoms with Crippen LogP contribution in [0.4, 0.5) is 4.79 Å². The third-order valence-corrected chi connectivity index (χ3v) is 2.27. The molecular formula is C8H16NO5P. The van der Waals surface area contributed by atoms with Crippen molar-refractivity contribution in [1.29, 1.82) is 0 Å². The summed E-state index contributed by atoms with van der Waals surface area (Å²) < 4.78 is 20.3. The van der Waals surface area contributed by atoms with Crippen molar-refractivity contribution in [1.82, 2.24) is 5.09 Å². The lowest BCUT2D eigenvalue weighted by atomic mass is 10.2. The highest BCUT2D eigenvalue weighted by Gasteiger charge is 2.18. The second-order valence-corrected chi connectivity index (χ2v) is 5.25. The summed E-state index contributed by atoms with van der Waals surface area (Å²) in [5.41, 5.74) is -0.655. The van der Waals surface area contributed by atoms with Crippen LogP contribution < -0.4 is 5.09 Å². The van der Waals surface area contributed by atoms with Gasteiger partial charge in [0.05, 0.1) is 7.11 Å². The van der Waals surface area contributed by atoms with Gasteiger partial charge in [-0.25, -0.2) is 4.79 Å². The normalized spacial score (nSPS) is 12.8. The average Bonchev–Trinajstić information content (AvgIpc) is 1.99. The first-order chi connectivity index (χ1) is 6.74. The summed E-state index contributed by atoms with van der Waals surface area (Å²) in [7, 11) is -1.34. The van der Waals surface area contributed by atoms with Crippen molar-refractivity contribution in [2.45, 2.75) is 26.4 Å². The van der Waals surface area contributed by atoms with Crippen LogP contribution >= 0.6 is 7.95 Å². The Morgan fingerprint density at radius 3 is 2.27 bits per heavy atom. The number of hydrogen-bond donors (Lipinski definition) is 1. The van der Waals surface area contributed by atoms with Crippen LogP contribution in [-0.4, -0.2) is 30.9 Å². The molecule has 88 valence electrons. The minimum atomic E-state index is -2.52. The number of esters is 1. The first-order valence-electron chi connectivity index (χ1n) is 4.34. The fourth-order valence-corrected chi connectivity index (χ4v) is 1.44. The highest BCUT2D eigenvalue weighted by Crippen LogP contribution is 2.16. The smallest absolute Gasteiger partial charge is 0.412 e. The van der Waals surface area contributed by atoms with E-state index in [0.29, 0.717) is 0 Å². The second-order valence-electron chi connectivity index (χ2n) is 3.80. The molecule has 0 aromatic heterocycles. The van der Waals surface area contributed by atoms with Gasteiger partial charge in [-0.05, 0) is 20.8 Å². The molecule has 1 N–H and O–H groups in total. The molecule has 0 aliphatic heterocycles. The van der Waals surface area contributed by atoms with E-state index in [1.807, 2.05) is 0 Å². The molecule has 7 heteroatoms. The third-order valence-electron chi connectivity index (χ3n) is 1.17. The van der Waals surface area contributed by atoms with Crippen LogP contribution in [0, 0.1) is 0 Å². The standard InChI is InChI=1S/C8H16NO5P/c1-8(2,3)14-7(11)9-15(12)5-6(10)13-4/h15H,5H2,1-4H3,(H,9,11,12). The van der Waals surface area contributed by atoms with E-state index in [0.717, 1.165) is 0 Å². The minimum Gasteiger partial charge on any atom is -0.469 e. The lowest BCUT2D eigenvalue weighted by Gasteiger charge is -2.19. The molecule has 0 saturated carbocycles. The lowest BCUT2D eigenvalue weighted by molar-refractivity contribution is -0.137. The number of ether oxygens (including phenoxy) is 2. The quantitative estimate of drug-likeness (QED) is 0.588. The summed E-state index contributed by atoms with van der Waals surface area (Å²) in [5, 5.41) is 2.09. The first kappa shape index (κ1) is 14.0. The number of nitrogens with one attached hydrogen (secondary N) is 1. The number of carbonyl (C=O) groups is 2. The highest BCUT2D eigenvalue weighted by atomic mass is 31.1. The Bertz CT molecular complexity index is 271. The largest absolute Gasteiger partial charge is 0.469 e. The highest BCUT2D eigenvalue weighted by molar-refractivity contribution is 7.44. The number of methoxy groups -OCH3 is 1. The Kier molecular flexibility index (Phi) is 5.36. The summed E-state index contributed by atoms with van der Waals surface area (Å²) in [5.74, 6) is -0.630. The summed E-state index contributed by atoms with van der Waals surface area (Å²) >= 11 is 0. The van der Waals surface area contributed by atoms with Crippen molar-refractivity contribution >= 4 is 20.0 Å². The summed E-state index contributed by atoms with van der Waals surface area (Å²) in [4.78, 5) is 21.8. The number of amides is 1. The SMILES string of the molecule is COC(=O)C[PH](=O)NC(=O)OC(C)(C)C. The summed E-state index contributed by atoms with van der Waals surface area (Å²) in [6.45, 7) is 5.05. The van der Waals surface area contributed by atoms with E-state index in [2.05, 4.69) is 9.82 Å². The maximum atomic E-state index is 11.2. The van der Waals surface area contributed by atoms with Crippen LogP contribution in [0.15, 0.2) is 0 Å². The van der Waals surface area contributed by atoms with E-state index in [9.17, 15) is 14.2 Å². The Balaban J connectivity index is 3.98. The number of carbonyl (C=O) groups excluding carboxylic acids is 2. The fraction of sp³-hybridized carbons (Fsp3) is 0.750. The van der Waals surface area contributed by atoms with Gasteiger partial charge >= 0.3 is 12.1 Å².